The molecule has 0 unspecified atom stereocenters. The molecule has 0 heterocycles. The average Bonchev–Trinajstić information content (AvgIpc) is 2.69. The molecule has 0 amide bonds. The van der Waals surface area contributed by atoms with E-state index >= 15 is 0 Å². The molecule has 1 fully saturated rings. The molecule has 1 aliphatic rings. The highest BCUT2D eigenvalue weighted by atomic mass is 16.5. The van der Waals surface area contributed by atoms with Crippen LogP contribution in [0.1, 0.15) is 19.8 Å². The normalized spacial score (nSPS) is 21.6. The molecule has 1 aliphatic carbocycles. The molecule has 0 spiro atoms. The third kappa shape index (κ3) is 1.32. The molecule has 0 N–H and O–H groups in total. The maximum atomic E-state index is 5.15. The van der Waals surface area contributed by atoms with E-state index in [2.05, 4.69) is 18.9 Å². The lowest BCUT2D eigenvalue weighted by Crippen LogP contribution is -2.37. The fraction of sp³-hybridized carbons (Fsp3) is 1.00. The van der Waals surface area contributed by atoms with Gasteiger partial charge < -0.3 is 4.74 Å². The lowest BCUT2D eigenvalue weighted by Gasteiger charge is -2.25. The van der Waals surface area contributed by atoms with Crippen molar-refractivity contribution in [1.29, 1.82) is 0 Å². The van der Waals surface area contributed by atoms with Crippen LogP contribution in [0.3, 0.4) is 0 Å². The summed E-state index contributed by atoms with van der Waals surface area (Å²) in [6, 6.07) is 0. The Balaban J connectivity index is 2.35. The van der Waals surface area contributed by atoms with Crippen molar-refractivity contribution in [2.45, 2.75) is 25.3 Å². The largest absolute Gasteiger partial charge is 0.383 e. The number of hydrogen-bond donors (Lipinski definition) is 0. The molecule has 2 nitrogen and oxygen atoms in total. The summed E-state index contributed by atoms with van der Waals surface area (Å²) >= 11 is 0. The van der Waals surface area contributed by atoms with E-state index in [9.17, 15) is 0 Å². The molecule has 0 bridgehead atoms. The van der Waals surface area contributed by atoms with E-state index in [0.29, 0.717) is 5.54 Å². The average molecular weight is 143 g/mol. The van der Waals surface area contributed by atoms with Crippen LogP contribution in [0.5, 0.6) is 0 Å². The van der Waals surface area contributed by atoms with Crippen molar-refractivity contribution in [3.8, 4) is 0 Å². The van der Waals surface area contributed by atoms with Gasteiger partial charge in [0.05, 0.1) is 6.61 Å². The highest BCUT2D eigenvalue weighted by Crippen LogP contribution is 2.40. The predicted octanol–water partition coefficient (Wildman–Crippen LogP) is 1.12. The van der Waals surface area contributed by atoms with Crippen molar-refractivity contribution in [1.82, 2.24) is 4.90 Å². The third-order valence-corrected chi connectivity index (χ3v) is 2.52. The minimum Gasteiger partial charge on any atom is -0.383 e. The van der Waals surface area contributed by atoms with Crippen LogP contribution in [0.15, 0.2) is 0 Å². The Morgan fingerprint density at radius 1 is 1.50 bits per heavy atom. The second-order valence-electron chi connectivity index (χ2n) is 3.17. The van der Waals surface area contributed by atoms with Gasteiger partial charge in [-0.1, -0.05) is 6.92 Å². The van der Waals surface area contributed by atoms with Gasteiger partial charge in [0, 0.05) is 12.6 Å². The van der Waals surface area contributed by atoms with Gasteiger partial charge in [0.1, 0.15) is 0 Å². The predicted molar refractivity (Wildman–Crippen MR) is 42.1 cm³/mol. The minimum absolute atomic E-state index is 0.420. The number of rotatable bonds is 4. The summed E-state index contributed by atoms with van der Waals surface area (Å²) in [5.41, 5.74) is 0.420. The zero-order valence-corrected chi connectivity index (χ0v) is 7.18. The van der Waals surface area contributed by atoms with Gasteiger partial charge in [-0.05, 0) is 26.4 Å². The summed E-state index contributed by atoms with van der Waals surface area (Å²) in [5, 5.41) is 0. The Labute approximate surface area is 63.2 Å². The number of hydrogen-bond acceptors (Lipinski definition) is 2. The van der Waals surface area contributed by atoms with E-state index < -0.39 is 0 Å². The smallest absolute Gasteiger partial charge is 0.0646 e. The quantitative estimate of drug-likeness (QED) is 0.584. The van der Waals surface area contributed by atoms with Gasteiger partial charge in [0.25, 0.3) is 0 Å². The van der Waals surface area contributed by atoms with Gasteiger partial charge in [-0.15, -0.1) is 0 Å². The van der Waals surface area contributed by atoms with Crippen molar-refractivity contribution >= 4 is 0 Å². The van der Waals surface area contributed by atoms with Gasteiger partial charge >= 0.3 is 0 Å². The van der Waals surface area contributed by atoms with Crippen molar-refractivity contribution in [2.24, 2.45) is 0 Å². The molecule has 1 rings (SSSR count). The maximum absolute atomic E-state index is 5.15. The van der Waals surface area contributed by atoms with Crippen molar-refractivity contribution in [3.05, 3.63) is 0 Å². The van der Waals surface area contributed by atoms with Crippen LogP contribution in [0.25, 0.3) is 0 Å². The monoisotopic (exact) mass is 143 g/mol. The Bertz CT molecular complexity index is 110. The van der Waals surface area contributed by atoms with Crippen molar-refractivity contribution < 1.29 is 4.74 Å². The molecule has 0 atom stereocenters. The Kier molecular flexibility index (Phi) is 2.32. The van der Waals surface area contributed by atoms with E-state index in [1.54, 1.807) is 7.11 Å². The number of likely N-dealkylation sites (N-methyl/N-ethyl adjacent to an activating group) is 1. The lowest BCUT2D eigenvalue weighted by atomic mass is 10.2. The van der Waals surface area contributed by atoms with Gasteiger partial charge in [-0.3, -0.25) is 4.90 Å². The summed E-state index contributed by atoms with van der Waals surface area (Å²) in [4.78, 5) is 2.39. The first-order valence-corrected chi connectivity index (χ1v) is 3.95. The molecule has 2 heteroatoms. The third-order valence-electron chi connectivity index (χ3n) is 2.52. The number of ether oxygens (including phenoxy) is 1. The van der Waals surface area contributed by atoms with Gasteiger partial charge in [-0.2, -0.15) is 0 Å². The zero-order valence-electron chi connectivity index (χ0n) is 7.18. The number of nitrogens with zero attached hydrogens (tertiary/aromatic N) is 1. The minimum atomic E-state index is 0.420. The van der Waals surface area contributed by atoms with Gasteiger partial charge in [-0.25, -0.2) is 0 Å². The summed E-state index contributed by atoms with van der Waals surface area (Å²) < 4.78 is 5.15. The van der Waals surface area contributed by atoms with E-state index in [1.165, 1.54) is 12.8 Å². The van der Waals surface area contributed by atoms with Crippen LogP contribution < -0.4 is 0 Å². The fourth-order valence-electron chi connectivity index (χ4n) is 1.38. The molecule has 60 valence electrons. The summed E-state index contributed by atoms with van der Waals surface area (Å²) in [6.07, 6.45) is 2.62. The standard InChI is InChI=1S/C8H17NO/c1-4-9(2)8(5-6-8)7-10-3/h4-7H2,1-3H3. The molecule has 0 radical (unpaired) electrons. The molecule has 0 aromatic rings. The fourth-order valence-corrected chi connectivity index (χ4v) is 1.38. The summed E-state index contributed by atoms with van der Waals surface area (Å²) in [7, 11) is 3.95. The van der Waals surface area contributed by atoms with Gasteiger partial charge in [0.15, 0.2) is 0 Å². The zero-order chi connectivity index (χ0) is 7.61. The molecule has 0 aromatic heterocycles. The number of methoxy groups -OCH3 is 1. The second kappa shape index (κ2) is 2.89. The molecule has 0 saturated heterocycles. The van der Waals surface area contributed by atoms with Crippen molar-refractivity contribution in [2.75, 3.05) is 27.3 Å². The molecule has 10 heavy (non-hydrogen) atoms. The van der Waals surface area contributed by atoms with E-state index in [-0.39, 0.29) is 0 Å². The van der Waals surface area contributed by atoms with Crippen LogP contribution in [-0.4, -0.2) is 37.7 Å². The van der Waals surface area contributed by atoms with Gasteiger partial charge in [0.2, 0.25) is 0 Å². The Morgan fingerprint density at radius 3 is 2.40 bits per heavy atom. The summed E-state index contributed by atoms with van der Waals surface area (Å²) in [6.45, 7) is 4.22. The molecule has 0 aliphatic heterocycles. The van der Waals surface area contributed by atoms with Crippen LogP contribution in [-0.2, 0) is 4.74 Å². The highest BCUT2D eigenvalue weighted by molar-refractivity contribution is 5.02. The SMILES string of the molecule is CCN(C)C1(COC)CC1. The lowest BCUT2D eigenvalue weighted by molar-refractivity contribution is 0.0947. The Morgan fingerprint density at radius 2 is 2.10 bits per heavy atom. The van der Waals surface area contributed by atoms with E-state index in [4.69, 9.17) is 4.74 Å². The second-order valence-corrected chi connectivity index (χ2v) is 3.17. The van der Waals surface area contributed by atoms with Crippen LogP contribution in [0, 0.1) is 0 Å². The van der Waals surface area contributed by atoms with E-state index in [0.717, 1.165) is 13.2 Å². The first kappa shape index (κ1) is 8.02. The topological polar surface area (TPSA) is 12.5 Å². The van der Waals surface area contributed by atoms with Crippen LogP contribution >= 0.6 is 0 Å². The molecular weight excluding hydrogens is 126 g/mol. The highest BCUT2D eigenvalue weighted by Gasteiger charge is 2.45. The van der Waals surface area contributed by atoms with Crippen LogP contribution in [0.4, 0.5) is 0 Å². The van der Waals surface area contributed by atoms with Crippen molar-refractivity contribution in [3.63, 3.8) is 0 Å². The maximum Gasteiger partial charge on any atom is 0.0646 e. The molecular formula is C8H17NO. The molecule has 0 aromatic carbocycles. The summed E-state index contributed by atoms with van der Waals surface area (Å²) in [5.74, 6) is 0. The molecule has 1 saturated carbocycles. The Hall–Kier alpha value is -0.0800. The van der Waals surface area contributed by atoms with Crippen LogP contribution in [0.2, 0.25) is 0 Å². The van der Waals surface area contributed by atoms with E-state index in [1.807, 2.05) is 0 Å². The first-order chi connectivity index (χ1) is 4.75. The first-order valence-electron chi connectivity index (χ1n) is 3.95.